The van der Waals surface area contributed by atoms with Crippen LogP contribution in [0.4, 0.5) is 4.79 Å². The molecule has 3 aromatic rings. The summed E-state index contributed by atoms with van der Waals surface area (Å²) < 4.78 is 53.7. The number of carbonyl (C=O) groups excluding carboxylic acids is 4. The summed E-state index contributed by atoms with van der Waals surface area (Å²) in [4.78, 5) is 57.1. The van der Waals surface area contributed by atoms with E-state index in [1.54, 1.807) is 32.9 Å². The average molecular weight is 945 g/mol. The molecule has 7 atom stereocenters. The first kappa shape index (κ1) is 46.7. The molecule has 0 aliphatic carbocycles. The molecule has 1 spiro atoms. The summed E-state index contributed by atoms with van der Waals surface area (Å²) in [5.41, 5.74) is 2.21. The van der Waals surface area contributed by atoms with Crippen LogP contribution in [-0.4, -0.2) is 104 Å². The molecule has 7 heterocycles. The maximum Gasteiger partial charge on any atom is 0.514 e. The lowest BCUT2D eigenvalue weighted by molar-refractivity contribution is -0.156. The van der Waals surface area contributed by atoms with Crippen LogP contribution in [-0.2, 0) is 40.6 Å². The first-order valence-electron chi connectivity index (χ1n) is 22.5. The third-order valence-electron chi connectivity index (χ3n) is 13.2. The molecule has 2 unspecified atom stereocenters. The molecule has 4 bridgehead atoms. The number of thioether (sulfide) groups is 1. The van der Waals surface area contributed by atoms with E-state index in [4.69, 9.17) is 47.9 Å². The summed E-state index contributed by atoms with van der Waals surface area (Å²) in [7, 11) is 2.95. The minimum atomic E-state index is -1.45. The number of ether oxygens (including phenoxy) is 9. The Morgan fingerprint density at radius 2 is 1.66 bits per heavy atom. The van der Waals surface area contributed by atoms with Gasteiger partial charge in [-0.2, -0.15) is 0 Å². The molecular weight excluding hydrogens is 887 g/mol. The molecule has 360 valence electrons. The Bertz CT molecular complexity index is 2570. The average Bonchev–Trinajstić information content (AvgIpc) is 3.73. The summed E-state index contributed by atoms with van der Waals surface area (Å²) in [5, 5.41) is 20.8. The second kappa shape index (κ2) is 17.0. The highest BCUT2D eigenvalue weighted by Crippen LogP contribution is 2.66. The van der Waals surface area contributed by atoms with Gasteiger partial charge in [-0.05, 0) is 114 Å². The Morgan fingerprint density at radius 1 is 0.925 bits per heavy atom. The Kier molecular flexibility index (Phi) is 11.8. The number of methoxy groups -OCH3 is 2. The number of hydrogen-bond acceptors (Lipinski definition) is 17. The second-order valence-corrected chi connectivity index (χ2v) is 21.0. The van der Waals surface area contributed by atoms with Crippen molar-refractivity contribution in [3.63, 3.8) is 0 Å². The second-order valence-electron chi connectivity index (χ2n) is 19.9. The number of hydrogen-bond donors (Lipinski definition) is 2. The predicted octanol–water partition coefficient (Wildman–Crippen LogP) is 7.42. The molecule has 0 saturated carbocycles. The number of nitrogens with one attached hydrogen (secondary N) is 1. The highest BCUT2D eigenvalue weighted by Gasteiger charge is 2.56. The fraction of sp³-hybridized carbons (Fsp3) is 0.551. The Labute approximate surface area is 393 Å². The van der Waals surface area contributed by atoms with Gasteiger partial charge in [0.25, 0.3) is 0 Å². The highest BCUT2D eigenvalue weighted by molar-refractivity contribution is 7.99. The molecule has 0 aromatic heterocycles. The normalized spacial score (nSPS) is 26.0. The molecule has 10 rings (SSSR count). The van der Waals surface area contributed by atoms with E-state index in [0.717, 1.165) is 11.1 Å². The number of phenols is 1. The minimum Gasteiger partial charge on any atom is -0.650 e. The van der Waals surface area contributed by atoms with E-state index in [9.17, 15) is 19.5 Å². The molecule has 17 nitrogen and oxygen atoms in total. The lowest BCUT2D eigenvalue weighted by Gasteiger charge is -2.65. The highest BCUT2D eigenvalue weighted by atomic mass is 32.2. The molecular formula is C49H58N3O14S-. The van der Waals surface area contributed by atoms with Gasteiger partial charge in [0.1, 0.15) is 23.6 Å². The van der Waals surface area contributed by atoms with Gasteiger partial charge in [0.15, 0.2) is 40.0 Å². The summed E-state index contributed by atoms with van der Waals surface area (Å²) in [6.07, 6.45) is -0.424. The van der Waals surface area contributed by atoms with Crippen molar-refractivity contribution >= 4 is 35.8 Å². The number of nitrogens with zero attached hydrogens (tertiary/aromatic N) is 2. The molecule has 7 aliphatic heterocycles. The van der Waals surface area contributed by atoms with Crippen molar-refractivity contribution in [1.82, 2.24) is 10.2 Å². The maximum atomic E-state index is 15.1. The SMILES string of the molecule is COc1cc2c(cc1OC(=O)OC(C)(C)C)CCN[C@]21CS[C@@H]2c3c(OC(C)=O)c(C)c4c(c3[C@H](COC1=O)N1C[C@H]3[N-][C@H](c5c(cc(C)c(OC)c5O)C3CC(=O)OC(C)(C)C)C21)OCO4. The standard InChI is InChI=1S/C49H58N3O14S/c1-22-14-27-26(16-33(54)65-47(4,5)6)29-18-52-30-19-60-45(56)49(28-17-31(58-10)32(15-25(28)12-13-50-49)64-46(57)66-48(7,8)9)20-67-44(38(52)37(51-29)34(27)39(55)40(22)59-11)36-35(30)43-42(61-21-62-43)23(2)41(36)63-24(3)53/h14-15,17,26,29-30,37-38,44,50,55H,12-13,16,18-21H2,1-11H3/q-1/t26?,29-,30+,37-,38?,44-,49-/m1/s1. The number of piperazine rings is 1. The van der Waals surface area contributed by atoms with Crippen molar-refractivity contribution in [2.24, 2.45) is 0 Å². The van der Waals surface area contributed by atoms with Gasteiger partial charge >= 0.3 is 24.1 Å². The predicted molar refractivity (Wildman–Crippen MR) is 244 cm³/mol. The summed E-state index contributed by atoms with van der Waals surface area (Å²) in [6, 6.07) is 2.93. The molecule has 2 N–H and O–H groups in total. The van der Waals surface area contributed by atoms with Crippen molar-refractivity contribution in [1.29, 1.82) is 0 Å². The third-order valence-corrected chi connectivity index (χ3v) is 14.7. The summed E-state index contributed by atoms with van der Waals surface area (Å²) >= 11 is 1.46. The Balaban J connectivity index is 1.23. The lowest BCUT2D eigenvalue weighted by atomic mass is 9.70. The first-order valence-corrected chi connectivity index (χ1v) is 23.6. The quantitative estimate of drug-likeness (QED) is 0.107. The fourth-order valence-corrected chi connectivity index (χ4v) is 12.5. The van der Waals surface area contributed by atoms with Gasteiger partial charge in [-0.1, -0.05) is 12.1 Å². The van der Waals surface area contributed by atoms with Crippen LogP contribution in [0.2, 0.25) is 0 Å². The Hall–Kier alpha value is -5.43. The molecule has 0 radical (unpaired) electrons. The summed E-state index contributed by atoms with van der Waals surface area (Å²) in [6.45, 7) is 16.1. The zero-order chi connectivity index (χ0) is 48.1. The number of phenolic OH excluding ortho intramolecular Hbond substituents is 1. The first-order chi connectivity index (χ1) is 31.6. The van der Waals surface area contributed by atoms with Crippen molar-refractivity contribution < 1.29 is 66.9 Å². The molecule has 2 fully saturated rings. The minimum absolute atomic E-state index is 0.00692. The van der Waals surface area contributed by atoms with Gasteiger partial charge in [0.05, 0.1) is 26.7 Å². The van der Waals surface area contributed by atoms with Gasteiger partial charge < -0.3 is 53.1 Å². The fourth-order valence-electron chi connectivity index (χ4n) is 10.8. The molecule has 67 heavy (non-hydrogen) atoms. The van der Waals surface area contributed by atoms with Crippen LogP contribution in [0.3, 0.4) is 0 Å². The monoisotopic (exact) mass is 944 g/mol. The van der Waals surface area contributed by atoms with Crippen LogP contribution in [0.1, 0.15) is 123 Å². The van der Waals surface area contributed by atoms with Gasteiger partial charge in [0.2, 0.25) is 6.79 Å². The third kappa shape index (κ3) is 8.06. The lowest BCUT2D eigenvalue weighted by Crippen LogP contribution is -2.61. The molecule has 18 heteroatoms. The van der Waals surface area contributed by atoms with Gasteiger partial charge in [0, 0.05) is 47.2 Å². The molecule has 3 aromatic carbocycles. The number of fused-ring (bicyclic) bond motifs is 9. The number of rotatable bonds is 6. The molecule has 7 aliphatic rings. The zero-order valence-corrected chi connectivity index (χ0v) is 40.5. The number of esters is 3. The number of carbonyl (C=O) groups is 4. The number of benzene rings is 3. The van der Waals surface area contributed by atoms with E-state index >= 15 is 4.79 Å². The van der Waals surface area contributed by atoms with E-state index in [1.807, 2.05) is 40.7 Å². The maximum absolute atomic E-state index is 15.1. The van der Waals surface area contributed by atoms with Crippen molar-refractivity contribution in [2.45, 2.75) is 127 Å². The van der Waals surface area contributed by atoms with Crippen LogP contribution >= 0.6 is 11.8 Å². The Morgan fingerprint density at radius 3 is 2.34 bits per heavy atom. The van der Waals surface area contributed by atoms with Gasteiger partial charge in [-0.3, -0.25) is 19.8 Å². The van der Waals surface area contributed by atoms with Crippen molar-refractivity contribution in [3.05, 3.63) is 68.0 Å². The summed E-state index contributed by atoms with van der Waals surface area (Å²) in [5.74, 6) is -0.133. The molecule has 0 amide bonds. The zero-order valence-electron chi connectivity index (χ0n) is 39.7. The van der Waals surface area contributed by atoms with Crippen molar-refractivity contribution in [3.8, 4) is 40.2 Å². The number of aryl methyl sites for hydroxylation is 1. The number of aromatic hydroxyl groups is 1. The van der Waals surface area contributed by atoms with E-state index in [2.05, 4.69) is 10.2 Å². The van der Waals surface area contributed by atoms with E-state index in [1.165, 1.54) is 32.9 Å². The molecule has 2 saturated heterocycles. The van der Waals surface area contributed by atoms with E-state index in [0.29, 0.717) is 75.9 Å². The smallest absolute Gasteiger partial charge is 0.514 e. The van der Waals surface area contributed by atoms with E-state index < -0.39 is 76.1 Å². The van der Waals surface area contributed by atoms with Gasteiger partial charge in [-0.25, -0.2) is 9.59 Å². The van der Waals surface area contributed by atoms with Crippen LogP contribution in [0.5, 0.6) is 40.2 Å². The largest absolute Gasteiger partial charge is 0.650 e. The van der Waals surface area contributed by atoms with Gasteiger partial charge in [-0.15, -0.1) is 17.8 Å². The van der Waals surface area contributed by atoms with Crippen LogP contribution in [0.25, 0.3) is 5.32 Å². The topological polar surface area (TPSA) is 201 Å². The van der Waals surface area contributed by atoms with Crippen molar-refractivity contribution in [2.75, 3.05) is 46.5 Å². The van der Waals surface area contributed by atoms with E-state index in [-0.39, 0.29) is 42.8 Å². The van der Waals surface area contributed by atoms with Crippen LogP contribution in [0.15, 0.2) is 18.2 Å². The van der Waals surface area contributed by atoms with Crippen LogP contribution < -0.4 is 33.7 Å². The van der Waals surface area contributed by atoms with Crippen LogP contribution in [0, 0.1) is 13.8 Å².